The number of nitrogens with zero attached hydrogens (tertiary/aromatic N) is 4. The molecule has 4 rings (SSSR count). The minimum absolute atomic E-state index is 0.272. The van der Waals surface area contributed by atoms with Crippen molar-refractivity contribution in [3.05, 3.63) is 89.7 Å². The van der Waals surface area contributed by atoms with Crippen LogP contribution in [0.25, 0.3) is 5.65 Å². The lowest BCUT2D eigenvalue weighted by Gasteiger charge is -2.14. The van der Waals surface area contributed by atoms with Gasteiger partial charge in [0.05, 0.1) is 25.0 Å². The molecule has 7 heteroatoms. The van der Waals surface area contributed by atoms with Gasteiger partial charge >= 0.3 is 0 Å². The Labute approximate surface area is 162 Å². The lowest BCUT2D eigenvalue weighted by atomic mass is 10.2. The number of benzene rings is 1. The quantitative estimate of drug-likeness (QED) is 0.538. The minimum atomic E-state index is -0.272. The summed E-state index contributed by atoms with van der Waals surface area (Å²) in [5.74, 6) is 0.380. The molecule has 0 saturated heterocycles. The second-order valence-electron chi connectivity index (χ2n) is 6.70. The van der Waals surface area contributed by atoms with Crippen LogP contribution in [0.3, 0.4) is 0 Å². The van der Waals surface area contributed by atoms with Crippen molar-refractivity contribution < 1.29 is 9.32 Å². The topological polar surface area (TPSA) is 75.7 Å². The molecule has 3 aromatic heterocycles. The SMILES string of the molecule is CN(Cc1ccccc1)Cc1cc(C(=O)NCc2cnc3ccccn23)no1. The van der Waals surface area contributed by atoms with E-state index in [2.05, 4.69) is 32.5 Å². The molecule has 7 nitrogen and oxygen atoms in total. The van der Waals surface area contributed by atoms with Crippen molar-refractivity contribution in [2.45, 2.75) is 19.6 Å². The molecule has 28 heavy (non-hydrogen) atoms. The molecular weight excluding hydrogens is 354 g/mol. The van der Waals surface area contributed by atoms with Crippen LogP contribution in [-0.4, -0.2) is 32.4 Å². The Kier molecular flexibility index (Phi) is 5.16. The third-order valence-electron chi connectivity index (χ3n) is 4.44. The number of carbonyl (C=O) groups excluding carboxylic acids is 1. The van der Waals surface area contributed by atoms with E-state index in [0.29, 0.717) is 18.8 Å². The second kappa shape index (κ2) is 8.06. The van der Waals surface area contributed by atoms with Crippen molar-refractivity contribution in [1.29, 1.82) is 0 Å². The highest BCUT2D eigenvalue weighted by molar-refractivity contribution is 5.92. The van der Waals surface area contributed by atoms with Gasteiger partial charge in [-0.25, -0.2) is 4.98 Å². The largest absolute Gasteiger partial charge is 0.359 e. The Morgan fingerprint density at radius 2 is 1.96 bits per heavy atom. The van der Waals surface area contributed by atoms with Crippen molar-refractivity contribution in [1.82, 2.24) is 24.8 Å². The van der Waals surface area contributed by atoms with Gasteiger partial charge < -0.3 is 14.2 Å². The van der Waals surface area contributed by atoms with Gasteiger partial charge in [0.2, 0.25) is 0 Å². The molecule has 0 radical (unpaired) electrons. The van der Waals surface area contributed by atoms with Gasteiger partial charge in [-0.2, -0.15) is 0 Å². The van der Waals surface area contributed by atoms with E-state index in [-0.39, 0.29) is 11.6 Å². The fourth-order valence-corrected chi connectivity index (χ4v) is 3.09. The molecule has 1 amide bonds. The molecule has 3 heterocycles. The number of pyridine rings is 1. The number of hydrogen-bond acceptors (Lipinski definition) is 5. The summed E-state index contributed by atoms with van der Waals surface area (Å²) in [5.41, 5.74) is 3.24. The van der Waals surface area contributed by atoms with E-state index in [1.54, 1.807) is 12.3 Å². The van der Waals surface area contributed by atoms with Crippen molar-refractivity contribution in [3.63, 3.8) is 0 Å². The Bertz CT molecular complexity index is 1070. The maximum absolute atomic E-state index is 12.4. The average Bonchev–Trinajstić information content (AvgIpc) is 3.34. The normalized spacial score (nSPS) is 11.2. The predicted molar refractivity (Wildman–Crippen MR) is 104 cm³/mol. The highest BCUT2D eigenvalue weighted by atomic mass is 16.5. The number of rotatable bonds is 7. The van der Waals surface area contributed by atoms with E-state index in [1.807, 2.05) is 54.0 Å². The molecule has 0 atom stereocenters. The summed E-state index contributed by atoms with van der Waals surface area (Å²) in [6.07, 6.45) is 3.67. The van der Waals surface area contributed by atoms with E-state index < -0.39 is 0 Å². The summed E-state index contributed by atoms with van der Waals surface area (Å²) in [7, 11) is 2.00. The molecule has 142 valence electrons. The van der Waals surface area contributed by atoms with Crippen LogP contribution < -0.4 is 5.32 Å². The fourth-order valence-electron chi connectivity index (χ4n) is 3.09. The lowest BCUT2D eigenvalue weighted by Crippen LogP contribution is -2.23. The zero-order valence-corrected chi connectivity index (χ0v) is 15.6. The van der Waals surface area contributed by atoms with Crippen molar-refractivity contribution in [2.75, 3.05) is 7.05 Å². The zero-order valence-electron chi connectivity index (χ0n) is 15.6. The first-order chi connectivity index (χ1) is 13.7. The van der Waals surface area contributed by atoms with Crippen molar-refractivity contribution in [2.24, 2.45) is 0 Å². The number of aromatic nitrogens is 3. The first-order valence-corrected chi connectivity index (χ1v) is 9.06. The summed E-state index contributed by atoms with van der Waals surface area (Å²) >= 11 is 0. The predicted octanol–water partition coefficient (Wildman–Crippen LogP) is 2.88. The lowest BCUT2D eigenvalue weighted by molar-refractivity contribution is 0.0941. The van der Waals surface area contributed by atoms with Crippen LogP contribution in [0, 0.1) is 0 Å². The Morgan fingerprint density at radius 1 is 1.14 bits per heavy atom. The molecule has 1 aromatic carbocycles. The third kappa shape index (κ3) is 4.10. The molecule has 1 N–H and O–H groups in total. The molecule has 0 bridgehead atoms. The summed E-state index contributed by atoms with van der Waals surface area (Å²) in [6.45, 7) is 1.72. The van der Waals surface area contributed by atoms with Gasteiger partial charge in [0.15, 0.2) is 11.5 Å². The number of carbonyl (C=O) groups is 1. The number of nitrogens with one attached hydrogen (secondary N) is 1. The number of fused-ring (bicyclic) bond motifs is 1. The number of hydrogen-bond donors (Lipinski definition) is 1. The standard InChI is InChI=1S/C21H21N5O2/c1-25(14-16-7-3-2-4-8-16)15-18-11-19(24-28-18)21(27)23-13-17-12-22-20-9-5-6-10-26(17)20/h2-12H,13-15H2,1H3,(H,23,27). The molecule has 4 aromatic rings. The highest BCUT2D eigenvalue weighted by Crippen LogP contribution is 2.10. The smallest absolute Gasteiger partial charge is 0.273 e. The van der Waals surface area contributed by atoms with Gasteiger partial charge in [0, 0.05) is 18.8 Å². The highest BCUT2D eigenvalue weighted by Gasteiger charge is 2.14. The number of imidazole rings is 1. The Balaban J connectivity index is 1.33. The van der Waals surface area contributed by atoms with Crippen LogP contribution in [0.15, 0.2) is 71.5 Å². The van der Waals surface area contributed by atoms with E-state index in [1.165, 1.54) is 5.56 Å². The average molecular weight is 375 g/mol. The molecule has 0 spiro atoms. The van der Waals surface area contributed by atoms with E-state index >= 15 is 0 Å². The summed E-state index contributed by atoms with van der Waals surface area (Å²) in [6, 6.07) is 17.6. The van der Waals surface area contributed by atoms with Crippen molar-refractivity contribution >= 4 is 11.6 Å². The Hall–Kier alpha value is -3.45. The number of amides is 1. The van der Waals surface area contributed by atoms with E-state index in [9.17, 15) is 4.79 Å². The first-order valence-electron chi connectivity index (χ1n) is 9.06. The van der Waals surface area contributed by atoms with Crippen LogP contribution in [0.5, 0.6) is 0 Å². The van der Waals surface area contributed by atoms with Gasteiger partial charge in [-0.1, -0.05) is 41.6 Å². The van der Waals surface area contributed by atoms with Gasteiger partial charge in [-0.3, -0.25) is 9.69 Å². The zero-order chi connectivity index (χ0) is 19.3. The van der Waals surface area contributed by atoms with Crippen LogP contribution in [0.4, 0.5) is 0 Å². The van der Waals surface area contributed by atoms with Crippen LogP contribution in [0.1, 0.15) is 27.5 Å². The summed E-state index contributed by atoms with van der Waals surface area (Å²) < 4.78 is 7.27. The minimum Gasteiger partial charge on any atom is -0.359 e. The van der Waals surface area contributed by atoms with E-state index in [4.69, 9.17) is 4.52 Å². The van der Waals surface area contributed by atoms with E-state index in [0.717, 1.165) is 17.9 Å². The summed E-state index contributed by atoms with van der Waals surface area (Å²) in [4.78, 5) is 18.8. The van der Waals surface area contributed by atoms with Crippen LogP contribution in [0.2, 0.25) is 0 Å². The molecule has 0 saturated carbocycles. The van der Waals surface area contributed by atoms with Gasteiger partial charge in [0.25, 0.3) is 5.91 Å². The molecule has 0 fully saturated rings. The van der Waals surface area contributed by atoms with Crippen LogP contribution >= 0.6 is 0 Å². The third-order valence-corrected chi connectivity index (χ3v) is 4.44. The van der Waals surface area contributed by atoms with Crippen molar-refractivity contribution in [3.8, 4) is 0 Å². The van der Waals surface area contributed by atoms with Crippen LogP contribution in [-0.2, 0) is 19.6 Å². The van der Waals surface area contributed by atoms with Gasteiger partial charge in [-0.05, 0) is 24.7 Å². The maximum atomic E-state index is 12.4. The molecule has 0 aliphatic heterocycles. The maximum Gasteiger partial charge on any atom is 0.273 e. The second-order valence-corrected chi connectivity index (χ2v) is 6.70. The molecular formula is C21H21N5O2. The molecule has 0 aliphatic rings. The molecule has 0 aliphatic carbocycles. The Morgan fingerprint density at radius 3 is 2.82 bits per heavy atom. The summed E-state index contributed by atoms with van der Waals surface area (Å²) in [5, 5.41) is 6.77. The monoisotopic (exact) mass is 375 g/mol. The molecule has 0 unspecified atom stereocenters. The first kappa shape index (κ1) is 17.9. The van der Waals surface area contributed by atoms with Gasteiger partial charge in [-0.15, -0.1) is 0 Å². The van der Waals surface area contributed by atoms with Gasteiger partial charge in [0.1, 0.15) is 5.65 Å². The fraction of sp³-hybridized carbons (Fsp3) is 0.190.